The molecule has 0 aliphatic heterocycles. The molecule has 2 rings (SSSR count). The number of hydrogen-bond donors (Lipinski definition) is 1. The van der Waals surface area contributed by atoms with Gasteiger partial charge in [-0.3, -0.25) is 0 Å². The summed E-state index contributed by atoms with van der Waals surface area (Å²) in [6, 6.07) is 9.01. The fraction of sp³-hybridized carbons (Fsp3) is 0.364. The smallest absolute Gasteiger partial charge is 0.431 e. The van der Waals surface area contributed by atoms with Gasteiger partial charge in [0.2, 0.25) is 0 Å². The Balaban J connectivity index is 1.78. The molecule has 1 fully saturated rings. The number of rotatable bonds is 2. The van der Waals surface area contributed by atoms with Crippen LogP contribution in [0.3, 0.4) is 0 Å². The molecule has 0 saturated heterocycles. The lowest BCUT2D eigenvalue weighted by atomic mass is 9.90. The van der Waals surface area contributed by atoms with Crippen LogP contribution in [-0.4, -0.2) is 18.3 Å². The van der Waals surface area contributed by atoms with Crippen LogP contribution in [0.2, 0.25) is 0 Å². The second kappa shape index (κ2) is 4.31. The second-order valence-electron chi connectivity index (χ2n) is 3.64. The van der Waals surface area contributed by atoms with Crippen LogP contribution in [0.15, 0.2) is 30.3 Å². The van der Waals surface area contributed by atoms with E-state index in [4.69, 9.17) is 15.2 Å². The van der Waals surface area contributed by atoms with Crippen molar-refractivity contribution in [2.24, 2.45) is 5.73 Å². The largest absolute Gasteiger partial charge is 0.514 e. The average Bonchev–Trinajstić information content (AvgIpc) is 2.17. The number of carbonyl (C=O) groups is 1. The first kappa shape index (κ1) is 9.98. The lowest BCUT2D eigenvalue weighted by Gasteiger charge is -2.30. The summed E-state index contributed by atoms with van der Waals surface area (Å²) in [5.41, 5.74) is 5.57. The molecule has 0 amide bonds. The van der Waals surface area contributed by atoms with Crippen LogP contribution in [0.1, 0.15) is 12.8 Å². The standard InChI is InChI=1S/C11H13NO3/c12-8-6-10(7-8)15-11(13)14-9-4-2-1-3-5-9/h1-5,8,10H,6-7,12H2. The zero-order chi connectivity index (χ0) is 10.7. The fourth-order valence-corrected chi connectivity index (χ4v) is 1.45. The average molecular weight is 207 g/mol. The van der Waals surface area contributed by atoms with Crippen LogP contribution in [0.25, 0.3) is 0 Å². The number of nitrogens with two attached hydrogens (primary N) is 1. The van der Waals surface area contributed by atoms with Crippen molar-refractivity contribution in [1.82, 2.24) is 0 Å². The summed E-state index contributed by atoms with van der Waals surface area (Å²) in [5, 5.41) is 0. The molecular weight excluding hydrogens is 194 g/mol. The maximum absolute atomic E-state index is 11.2. The van der Waals surface area contributed by atoms with Crippen molar-refractivity contribution < 1.29 is 14.3 Å². The summed E-state index contributed by atoms with van der Waals surface area (Å²) in [7, 11) is 0. The summed E-state index contributed by atoms with van der Waals surface area (Å²) in [6.45, 7) is 0. The van der Waals surface area contributed by atoms with Gasteiger partial charge in [-0.1, -0.05) is 18.2 Å². The third-order valence-electron chi connectivity index (χ3n) is 2.34. The molecule has 0 heterocycles. The number of carbonyl (C=O) groups excluding carboxylic acids is 1. The number of hydrogen-bond acceptors (Lipinski definition) is 4. The minimum absolute atomic E-state index is 0.0730. The Kier molecular flexibility index (Phi) is 2.87. The Morgan fingerprint density at radius 2 is 1.93 bits per heavy atom. The molecule has 1 aliphatic carbocycles. The zero-order valence-electron chi connectivity index (χ0n) is 8.26. The van der Waals surface area contributed by atoms with Crippen LogP contribution in [0, 0.1) is 0 Å². The van der Waals surface area contributed by atoms with Crippen molar-refractivity contribution >= 4 is 6.16 Å². The number of para-hydroxylation sites is 1. The van der Waals surface area contributed by atoms with E-state index in [1.54, 1.807) is 24.3 Å². The van der Waals surface area contributed by atoms with E-state index in [2.05, 4.69) is 0 Å². The highest BCUT2D eigenvalue weighted by atomic mass is 16.7. The Morgan fingerprint density at radius 1 is 1.27 bits per heavy atom. The monoisotopic (exact) mass is 207 g/mol. The highest BCUT2D eigenvalue weighted by Gasteiger charge is 2.29. The molecule has 80 valence electrons. The highest BCUT2D eigenvalue weighted by molar-refractivity contribution is 5.64. The van der Waals surface area contributed by atoms with Crippen LogP contribution in [-0.2, 0) is 4.74 Å². The maximum Gasteiger partial charge on any atom is 0.514 e. The molecule has 1 aromatic rings. The van der Waals surface area contributed by atoms with E-state index in [0.717, 1.165) is 12.8 Å². The summed E-state index contributed by atoms with van der Waals surface area (Å²) in [4.78, 5) is 11.2. The van der Waals surface area contributed by atoms with Crippen molar-refractivity contribution in [3.8, 4) is 5.75 Å². The van der Waals surface area contributed by atoms with Gasteiger partial charge >= 0.3 is 6.16 Å². The third kappa shape index (κ3) is 2.70. The molecule has 0 spiro atoms. The van der Waals surface area contributed by atoms with Gasteiger partial charge in [-0.05, 0) is 25.0 Å². The van der Waals surface area contributed by atoms with Gasteiger partial charge in [-0.25, -0.2) is 4.79 Å². The van der Waals surface area contributed by atoms with Gasteiger partial charge in [0, 0.05) is 6.04 Å². The van der Waals surface area contributed by atoms with E-state index in [9.17, 15) is 4.79 Å². The zero-order valence-corrected chi connectivity index (χ0v) is 8.26. The summed E-state index contributed by atoms with van der Waals surface area (Å²) < 4.78 is 9.97. The van der Waals surface area contributed by atoms with Crippen molar-refractivity contribution in [3.63, 3.8) is 0 Å². The first-order valence-corrected chi connectivity index (χ1v) is 4.93. The van der Waals surface area contributed by atoms with Crippen LogP contribution in [0.4, 0.5) is 4.79 Å². The Hall–Kier alpha value is -1.55. The van der Waals surface area contributed by atoms with E-state index < -0.39 is 6.16 Å². The van der Waals surface area contributed by atoms with Crippen molar-refractivity contribution in [2.45, 2.75) is 25.0 Å². The number of ether oxygens (including phenoxy) is 2. The van der Waals surface area contributed by atoms with Crippen molar-refractivity contribution in [2.75, 3.05) is 0 Å². The van der Waals surface area contributed by atoms with Gasteiger partial charge in [0.25, 0.3) is 0 Å². The second-order valence-corrected chi connectivity index (χ2v) is 3.64. The molecule has 1 aromatic carbocycles. The summed E-state index contributed by atoms with van der Waals surface area (Å²) in [6.07, 6.45) is 0.725. The SMILES string of the molecule is NC1CC(OC(=O)Oc2ccccc2)C1. The first-order valence-electron chi connectivity index (χ1n) is 4.93. The lowest BCUT2D eigenvalue weighted by molar-refractivity contribution is 0.0141. The minimum atomic E-state index is -0.655. The van der Waals surface area contributed by atoms with E-state index >= 15 is 0 Å². The summed E-state index contributed by atoms with van der Waals surface area (Å²) in [5.74, 6) is 0.492. The van der Waals surface area contributed by atoms with Gasteiger partial charge in [-0.15, -0.1) is 0 Å². The third-order valence-corrected chi connectivity index (χ3v) is 2.34. The molecule has 0 aromatic heterocycles. The molecule has 0 bridgehead atoms. The van der Waals surface area contributed by atoms with E-state index in [-0.39, 0.29) is 12.1 Å². The van der Waals surface area contributed by atoms with Gasteiger partial charge < -0.3 is 15.2 Å². The quantitative estimate of drug-likeness (QED) is 0.592. The molecule has 4 nitrogen and oxygen atoms in total. The van der Waals surface area contributed by atoms with Crippen LogP contribution >= 0.6 is 0 Å². The Labute approximate surface area is 88.0 Å². The van der Waals surface area contributed by atoms with E-state index in [1.807, 2.05) is 6.07 Å². The molecule has 15 heavy (non-hydrogen) atoms. The molecule has 0 radical (unpaired) electrons. The first-order chi connectivity index (χ1) is 7.24. The Bertz CT molecular complexity index is 333. The van der Waals surface area contributed by atoms with Crippen LogP contribution in [0.5, 0.6) is 5.75 Å². The maximum atomic E-state index is 11.2. The van der Waals surface area contributed by atoms with E-state index in [0.29, 0.717) is 5.75 Å². The van der Waals surface area contributed by atoms with Gasteiger partial charge in [0.1, 0.15) is 11.9 Å². The Morgan fingerprint density at radius 3 is 2.53 bits per heavy atom. The predicted octanol–water partition coefficient (Wildman–Crippen LogP) is 1.69. The van der Waals surface area contributed by atoms with Gasteiger partial charge in [0.15, 0.2) is 0 Å². The normalized spacial score (nSPS) is 24.1. The highest BCUT2D eigenvalue weighted by Crippen LogP contribution is 2.22. The topological polar surface area (TPSA) is 61.5 Å². The van der Waals surface area contributed by atoms with Gasteiger partial charge in [-0.2, -0.15) is 0 Å². The lowest BCUT2D eigenvalue weighted by Crippen LogP contribution is -2.43. The van der Waals surface area contributed by atoms with E-state index in [1.165, 1.54) is 0 Å². The molecular formula is C11H13NO3. The molecule has 1 aliphatic rings. The van der Waals surface area contributed by atoms with Crippen molar-refractivity contribution in [3.05, 3.63) is 30.3 Å². The minimum Gasteiger partial charge on any atom is -0.431 e. The molecule has 4 heteroatoms. The number of benzene rings is 1. The molecule has 1 saturated carbocycles. The fourth-order valence-electron chi connectivity index (χ4n) is 1.45. The molecule has 0 atom stereocenters. The van der Waals surface area contributed by atoms with Crippen molar-refractivity contribution in [1.29, 1.82) is 0 Å². The van der Waals surface area contributed by atoms with Crippen LogP contribution < -0.4 is 10.5 Å². The molecule has 2 N–H and O–H groups in total. The summed E-state index contributed by atoms with van der Waals surface area (Å²) >= 11 is 0. The van der Waals surface area contributed by atoms with Gasteiger partial charge in [0.05, 0.1) is 0 Å². The predicted molar refractivity (Wildman–Crippen MR) is 54.5 cm³/mol. The molecule has 0 unspecified atom stereocenters.